The zero-order valence-electron chi connectivity index (χ0n) is 15.2. The minimum Gasteiger partial charge on any atom is -0.301 e. The van der Waals surface area contributed by atoms with Gasteiger partial charge >= 0.3 is 0 Å². The quantitative estimate of drug-likeness (QED) is 0.823. The first-order valence-electron chi connectivity index (χ1n) is 9.29. The molecular formula is C19H23N3O3S2. The van der Waals surface area contributed by atoms with Gasteiger partial charge in [-0.3, -0.25) is 4.79 Å². The van der Waals surface area contributed by atoms with Crippen molar-refractivity contribution in [2.24, 2.45) is 11.8 Å². The third-order valence-corrected chi connectivity index (χ3v) is 7.61. The molecule has 0 radical (unpaired) electrons. The maximum atomic E-state index is 13.2. The van der Waals surface area contributed by atoms with Gasteiger partial charge in [0.05, 0.1) is 5.41 Å². The molecule has 2 aromatic rings. The van der Waals surface area contributed by atoms with E-state index >= 15 is 0 Å². The first-order valence-corrected chi connectivity index (χ1v) is 12.1. The molecule has 4 rings (SSSR count). The van der Waals surface area contributed by atoms with E-state index in [4.69, 9.17) is 0 Å². The van der Waals surface area contributed by atoms with E-state index in [1.165, 1.54) is 36.7 Å². The smallest absolute Gasteiger partial charge is 0.237 e. The number of nitrogens with zero attached hydrogens (tertiary/aromatic N) is 2. The van der Waals surface area contributed by atoms with E-state index in [1.807, 2.05) is 5.38 Å². The summed E-state index contributed by atoms with van der Waals surface area (Å²) in [5.41, 5.74) is 0.177. The summed E-state index contributed by atoms with van der Waals surface area (Å²) >= 11 is 1.39. The Balaban J connectivity index is 1.65. The molecule has 0 saturated heterocycles. The lowest BCUT2D eigenvalue weighted by Crippen LogP contribution is -2.32. The first kappa shape index (κ1) is 18.6. The molecule has 0 aliphatic heterocycles. The van der Waals surface area contributed by atoms with E-state index in [1.54, 1.807) is 18.5 Å². The molecule has 2 aliphatic carbocycles. The normalized spacial score (nSPS) is 25.9. The number of amides is 1. The number of sulfone groups is 1. The molecule has 27 heavy (non-hydrogen) atoms. The van der Waals surface area contributed by atoms with Gasteiger partial charge in [-0.25, -0.2) is 18.4 Å². The highest BCUT2D eigenvalue weighted by Gasteiger charge is 2.63. The Hall–Kier alpha value is -1.80. The highest BCUT2D eigenvalue weighted by molar-refractivity contribution is 7.90. The van der Waals surface area contributed by atoms with Crippen molar-refractivity contribution in [2.75, 3.05) is 11.6 Å². The van der Waals surface area contributed by atoms with E-state index < -0.39 is 15.3 Å². The summed E-state index contributed by atoms with van der Waals surface area (Å²) < 4.78 is 23.4. The second kappa shape index (κ2) is 6.98. The summed E-state index contributed by atoms with van der Waals surface area (Å²) in [5, 5.41) is 5.42. The number of aromatic nitrogens is 2. The predicted molar refractivity (Wildman–Crippen MR) is 104 cm³/mol. The van der Waals surface area contributed by atoms with Gasteiger partial charge in [-0.2, -0.15) is 0 Å². The van der Waals surface area contributed by atoms with Crippen LogP contribution in [0.3, 0.4) is 0 Å². The molecule has 0 bridgehead atoms. The maximum absolute atomic E-state index is 13.2. The van der Waals surface area contributed by atoms with E-state index in [0.29, 0.717) is 11.0 Å². The minimum atomic E-state index is -3.36. The summed E-state index contributed by atoms with van der Waals surface area (Å²) in [6, 6.07) is 3.27. The maximum Gasteiger partial charge on any atom is 0.237 e. The second-order valence-corrected chi connectivity index (χ2v) is 10.5. The van der Waals surface area contributed by atoms with Crippen molar-refractivity contribution in [3.63, 3.8) is 0 Å². The lowest BCUT2D eigenvalue weighted by atomic mass is 9.80. The number of pyridine rings is 1. The average Bonchev–Trinajstić information content (AvgIpc) is 3.23. The molecule has 2 fully saturated rings. The summed E-state index contributed by atoms with van der Waals surface area (Å²) in [7, 11) is -3.36. The molecule has 2 aromatic heterocycles. The standard InChI is InChI=1S/C19H23N3O3S2/c1-27(24,25)16-8-7-14(12-21-16)19(17(23)22-18-20-9-10-26-18)11-15(19)13-5-3-2-4-6-13/h7-10,12-13,15H,2-6,11H2,1H3,(H,20,22,23). The van der Waals surface area contributed by atoms with Crippen molar-refractivity contribution in [1.29, 1.82) is 0 Å². The molecule has 2 heterocycles. The Bertz CT molecular complexity index is 920. The van der Waals surface area contributed by atoms with Crippen LogP contribution in [0.4, 0.5) is 5.13 Å². The summed E-state index contributed by atoms with van der Waals surface area (Å²) in [4.78, 5) is 21.5. The number of rotatable bonds is 5. The van der Waals surface area contributed by atoms with E-state index in [0.717, 1.165) is 31.1 Å². The van der Waals surface area contributed by atoms with Gasteiger partial charge in [-0.1, -0.05) is 38.2 Å². The summed E-state index contributed by atoms with van der Waals surface area (Å²) in [6.45, 7) is 0. The van der Waals surface area contributed by atoms with Crippen molar-refractivity contribution in [2.45, 2.75) is 49.0 Å². The SMILES string of the molecule is CS(=O)(=O)c1ccc(C2(C(=O)Nc3nccs3)CC2C2CCCCC2)cn1. The molecule has 2 saturated carbocycles. The molecule has 1 N–H and O–H groups in total. The van der Waals surface area contributed by atoms with Crippen LogP contribution < -0.4 is 5.32 Å². The Morgan fingerprint density at radius 2 is 2.00 bits per heavy atom. The van der Waals surface area contributed by atoms with Crippen molar-refractivity contribution >= 4 is 32.2 Å². The molecule has 0 aromatic carbocycles. The van der Waals surface area contributed by atoms with Crippen molar-refractivity contribution in [1.82, 2.24) is 9.97 Å². The predicted octanol–water partition coefficient (Wildman–Crippen LogP) is 3.42. The Morgan fingerprint density at radius 3 is 2.59 bits per heavy atom. The number of anilines is 1. The molecule has 2 unspecified atom stereocenters. The molecule has 6 nitrogen and oxygen atoms in total. The lowest BCUT2D eigenvalue weighted by Gasteiger charge is -2.25. The number of thiazole rings is 1. The van der Waals surface area contributed by atoms with Crippen LogP contribution in [0.5, 0.6) is 0 Å². The van der Waals surface area contributed by atoms with E-state index in [2.05, 4.69) is 15.3 Å². The van der Waals surface area contributed by atoms with Gasteiger partial charge in [-0.05, 0) is 29.9 Å². The zero-order chi connectivity index (χ0) is 19.1. The lowest BCUT2D eigenvalue weighted by molar-refractivity contribution is -0.119. The van der Waals surface area contributed by atoms with Crippen LogP contribution in [-0.2, 0) is 20.0 Å². The fourth-order valence-corrected chi connectivity index (χ4v) is 5.56. The average molecular weight is 406 g/mol. The Labute approximate surface area is 163 Å². The number of carbonyl (C=O) groups is 1. The fourth-order valence-electron chi connectivity index (χ4n) is 4.47. The highest BCUT2D eigenvalue weighted by Crippen LogP contribution is 2.61. The van der Waals surface area contributed by atoms with Gasteiger partial charge in [-0.15, -0.1) is 11.3 Å². The van der Waals surface area contributed by atoms with E-state index in [-0.39, 0.29) is 16.9 Å². The van der Waals surface area contributed by atoms with Crippen LogP contribution in [0, 0.1) is 11.8 Å². The monoisotopic (exact) mass is 405 g/mol. The van der Waals surface area contributed by atoms with Gasteiger partial charge in [0.25, 0.3) is 0 Å². The minimum absolute atomic E-state index is 0.0385. The van der Waals surface area contributed by atoms with Gasteiger partial charge in [0.15, 0.2) is 20.0 Å². The number of nitrogens with one attached hydrogen (secondary N) is 1. The number of hydrogen-bond donors (Lipinski definition) is 1. The largest absolute Gasteiger partial charge is 0.301 e. The molecule has 0 spiro atoms. The first-order chi connectivity index (χ1) is 12.9. The highest BCUT2D eigenvalue weighted by atomic mass is 32.2. The van der Waals surface area contributed by atoms with Crippen molar-refractivity contribution in [3.05, 3.63) is 35.5 Å². The molecule has 1 amide bonds. The Kier molecular flexibility index (Phi) is 4.80. The second-order valence-electron chi connectivity index (χ2n) is 7.63. The van der Waals surface area contributed by atoms with Crippen LogP contribution in [0.2, 0.25) is 0 Å². The number of hydrogen-bond acceptors (Lipinski definition) is 6. The van der Waals surface area contributed by atoms with Gasteiger partial charge in [0, 0.05) is 24.0 Å². The van der Waals surface area contributed by atoms with Gasteiger partial charge in [0.1, 0.15) is 0 Å². The molecule has 8 heteroatoms. The van der Waals surface area contributed by atoms with Crippen LogP contribution in [0.25, 0.3) is 0 Å². The van der Waals surface area contributed by atoms with Crippen LogP contribution in [-0.4, -0.2) is 30.5 Å². The topological polar surface area (TPSA) is 89.0 Å². The van der Waals surface area contributed by atoms with E-state index in [9.17, 15) is 13.2 Å². The summed E-state index contributed by atoms with van der Waals surface area (Å²) in [5.74, 6) is 0.765. The molecule has 2 atom stereocenters. The zero-order valence-corrected chi connectivity index (χ0v) is 16.9. The molecular weight excluding hydrogens is 382 g/mol. The van der Waals surface area contributed by atoms with Gasteiger partial charge < -0.3 is 5.32 Å². The fraction of sp³-hybridized carbons (Fsp3) is 0.526. The molecule has 2 aliphatic rings. The van der Waals surface area contributed by atoms with Crippen LogP contribution in [0.1, 0.15) is 44.1 Å². The van der Waals surface area contributed by atoms with Crippen molar-refractivity contribution < 1.29 is 13.2 Å². The van der Waals surface area contributed by atoms with Crippen molar-refractivity contribution in [3.8, 4) is 0 Å². The third kappa shape index (κ3) is 3.52. The summed E-state index contributed by atoms with van der Waals surface area (Å²) in [6.07, 6.45) is 11.2. The Morgan fingerprint density at radius 1 is 1.22 bits per heavy atom. The third-order valence-electron chi connectivity index (χ3n) is 5.92. The van der Waals surface area contributed by atoms with Crippen LogP contribution >= 0.6 is 11.3 Å². The number of carbonyl (C=O) groups excluding carboxylic acids is 1. The molecule has 144 valence electrons. The van der Waals surface area contributed by atoms with Gasteiger partial charge in [0.2, 0.25) is 5.91 Å². The van der Waals surface area contributed by atoms with Crippen LogP contribution in [0.15, 0.2) is 34.9 Å².